The first kappa shape index (κ1) is 25.3. The van der Waals surface area contributed by atoms with Crippen LogP contribution in [-0.4, -0.2) is 33.7 Å². The van der Waals surface area contributed by atoms with Gasteiger partial charge in [-0.3, -0.25) is 9.10 Å². The molecule has 0 radical (unpaired) electrons. The Labute approximate surface area is 191 Å². The van der Waals surface area contributed by atoms with Gasteiger partial charge in [0.05, 0.1) is 10.6 Å². The summed E-state index contributed by atoms with van der Waals surface area (Å²) in [5.41, 5.74) is 1.50. The van der Waals surface area contributed by atoms with Crippen LogP contribution in [0.25, 0.3) is 0 Å². The fourth-order valence-corrected chi connectivity index (χ4v) is 5.12. The Morgan fingerprint density at radius 2 is 1.71 bits per heavy atom. The normalized spacial score (nSPS) is 12.4. The molecule has 0 fully saturated rings. The first-order valence-corrected chi connectivity index (χ1v) is 13.5. The lowest BCUT2D eigenvalue weighted by atomic mass is 9.99. The Morgan fingerprint density at radius 3 is 2.26 bits per heavy atom. The molecule has 0 aliphatic heterocycles. The number of benzene rings is 2. The molecule has 1 amide bonds. The maximum atomic E-state index is 13.4. The van der Waals surface area contributed by atoms with Crippen molar-refractivity contribution >= 4 is 33.4 Å². The van der Waals surface area contributed by atoms with Crippen LogP contribution in [0.4, 0.5) is 5.69 Å². The smallest absolute Gasteiger partial charge is 0.264 e. The monoisotopic (exact) mass is 462 g/mol. The van der Waals surface area contributed by atoms with Crippen molar-refractivity contribution in [3.05, 3.63) is 54.1 Å². The minimum atomic E-state index is -3.88. The summed E-state index contributed by atoms with van der Waals surface area (Å²) in [6, 6.07) is 13.9. The van der Waals surface area contributed by atoms with E-state index in [9.17, 15) is 13.2 Å². The van der Waals surface area contributed by atoms with Crippen molar-refractivity contribution in [1.29, 1.82) is 0 Å². The fourth-order valence-electron chi connectivity index (χ4n) is 3.29. The molecule has 31 heavy (non-hydrogen) atoms. The first-order valence-electron chi connectivity index (χ1n) is 10.8. The van der Waals surface area contributed by atoms with Crippen LogP contribution in [0.15, 0.2) is 58.3 Å². The number of sulfonamides is 1. The molecule has 7 heteroatoms. The molecule has 1 N–H and O–H groups in total. The van der Waals surface area contributed by atoms with E-state index in [0.29, 0.717) is 18.2 Å². The molecular formula is C24H34N2O3S2. The van der Waals surface area contributed by atoms with E-state index in [-0.39, 0.29) is 17.3 Å². The molecule has 2 aromatic rings. The summed E-state index contributed by atoms with van der Waals surface area (Å²) in [6.45, 7) is 6.53. The van der Waals surface area contributed by atoms with Gasteiger partial charge in [-0.1, -0.05) is 50.8 Å². The van der Waals surface area contributed by atoms with Crippen LogP contribution >= 0.6 is 11.8 Å². The van der Waals surface area contributed by atoms with Crippen molar-refractivity contribution in [3.63, 3.8) is 0 Å². The molecule has 5 nitrogen and oxygen atoms in total. The number of aryl methyl sites for hydroxylation is 1. The maximum Gasteiger partial charge on any atom is 0.264 e. The number of nitrogens with one attached hydrogen (secondary N) is 1. The number of anilines is 1. The van der Waals surface area contributed by atoms with Gasteiger partial charge in [0.15, 0.2) is 0 Å². The molecule has 2 aromatic carbocycles. The Balaban J connectivity index is 2.24. The van der Waals surface area contributed by atoms with E-state index < -0.39 is 10.0 Å². The van der Waals surface area contributed by atoms with Crippen LogP contribution in [0.1, 0.15) is 45.1 Å². The van der Waals surface area contributed by atoms with E-state index in [2.05, 4.69) is 19.2 Å². The molecule has 2 rings (SSSR count). The number of carbonyl (C=O) groups is 1. The molecule has 0 aromatic heterocycles. The number of carbonyl (C=O) groups excluding carboxylic acids is 1. The summed E-state index contributed by atoms with van der Waals surface area (Å²) in [4.78, 5) is 13.9. The van der Waals surface area contributed by atoms with Gasteiger partial charge in [-0.25, -0.2) is 8.42 Å². The molecule has 0 saturated carbocycles. The third kappa shape index (κ3) is 7.28. The van der Waals surface area contributed by atoms with E-state index in [0.717, 1.165) is 36.1 Å². The highest BCUT2D eigenvalue weighted by molar-refractivity contribution is 7.98. The lowest BCUT2D eigenvalue weighted by Crippen LogP contribution is -2.42. The number of thioether (sulfide) groups is 1. The molecule has 0 aliphatic rings. The molecule has 0 heterocycles. The van der Waals surface area contributed by atoms with Crippen molar-refractivity contribution < 1.29 is 13.2 Å². The van der Waals surface area contributed by atoms with E-state index in [1.807, 2.05) is 25.3 Å². The van der Waals surface area contributed by atoms with Gasteiger partial charge >= 0.3 is 0 Å². The number of hydrogen-bond donors (Lipinski definition) is 1. The van der Waals surface area contributed by atoms with Gasteiger partial charge < -0.3 is 5.32 Å². The van der Waals surface area contributed by atoms with Crippen LogP contribution in [0.5, 0.6) is 0 Å². The molecule has 0 aliphatic carbocycles. The zero-order chi connectivity index (χ0) is 22.9. The standard InChI is InChI=1S/C24H34N2O3S2/c1-5-7-8-20(6-2)17-25-24(27)18-26(21-11-9-19(3)10-12-21)31(28,29)23-15-13-22(30-4)14-16-23/h9-16,20H,5-8,17-18H2,1-4H3,(H,25,27). The highest BCUT2D eigenvalue weighted by Crippen LogP contribution is 2.25. The molecule has 0 saturated heterocycles. The van der Waals surface area contributed by atoms with Crippen LogP contribution < -0.4 is 9.62 Å². The molecule has 1 unspecified atom stereocenters. The molecule has 0 spiro atoms. The average Bonchev–Trinajstić information content (AvgIpc) is 2.78. The number of nitrogens with zero attached hydrogens (tertiary/aromatic N) is 1. The number of rotatable bonds is 12. The van der Waals surface area contributed by atoms with Gasteiger partial charge in [-0.2, -0.15) is 0 Å². The van der Waals surface area contributed by atoms with Gasteiger partial charge in [0.25, 0.3) is 10.0 Å². The molecular weight excluding hydrogens is 428 g/mol. The Kier molecular flexibility index (Phi) is 9.91. The highest BCUT2D eigenvalue weighted by atomic mass is 32.2. The predicted octanol–water partition coefficient (Wildman–Crippen LogP) is 5.24. The van der Waals surface area contributed by atoms with Crippen LogP contribution in [0.2, 0.25) is 0 Å². The second kappa shape index (κ2) is 12.2. The van der Waals surface area contributed by atoms with E-state index >= 15 is 0 Å². The van der Waals surface area contributed by atoms with Gasteiger partial charge in [-0.05, 0) is 61.9 Å². The topological polar surface area (TPSA) is 66.5 Å². The second-order valence-corrected chi connectivity index (χ2v) is 10.5. The third-order valence-electron chi connectivity index (χ3n) is 5.39. The van der Waals surface area contributed by atoms with Crippen LogP contribution in [-0.2, 0) is 14.8 Å². The molecule has 0 bridgehead atoms. The number of hydrogen-bond acceptors (Lipinski definition) is 4. The minimum absolute atomic E-state index is 0.174. The van der Waals surface area contributed by atoms with Crippen LogP contribution in [0.3, 0.4) is 0 Å². The Morgan fingerprint density at radius 1 is 1.06 bits per heavy atom. The Bertz CT molecular complexity index is 926. The van der Waals surface area contributed by atoms with Gasteiger partial charge in [0.2, 0.25) is 5.91 Å². The lowest BCUT2D eigenvalue weighted by molar-refractivity contribution is -0.119. The van der Waals surface area contributed by atoms with Gasteiger partial charge in [0, 0.05) is 11.4 Å². The summed E-state index contributed by atoms with van der Waals surface area (Å²) in [7, 11) is -3.88. The second-order valence-electron chi connectivity index (χ2n) is 7.74. The summed E-state index contributed by atoms with van der Waals surface area (Å²) < 4.78 is 28.1. The summed E-state index contributed by atoms with van der Waals surface area (Å²) in [5.74, 6) is 0.118. The summed E-state index contributed by atoms with van der Waals surface area (Å²) in [5, 5.41) is 2.95. The zero-order valence-electron chi connectivity index (χ0n) is 18.9. The molecule has 1 atom stereocenters. The maximum absolute atomic E-state index is 13.4. The van der Waals surface area contributed by atoms with Gasteiger partial charge in [0.1, 0.15) is 6.54 Å². The van der Waals surface area contributed by atoms with E-state index in [4.69, 9.17) is 0 Å². The average molecular weight is 463 g/mol. The van der Waals surface area contributed by atoms with E-state index in [1.165, 1.54) is 4.31 Å². The van der Waals surface area contributed by atoms with E-state index in [1.54, 1.807) is 48.2 Å². The van der Waals surface area contributed by atoms with Gasteiger partial charge in [-0.15, -0.1) is 11.8 Å². The van der Waals surface area contributed by atoms with Crippen molar-refractivity contribution in [2.75, 3.05) is 23.7 Å². The molecule has 170 valence electrons. The van der Waals surface area contributed by atoms with Crippen molar-refractivity contribution in [3.8, 4) is 0 Å². The number of unbranched alkanes of at least 4 members (excludes halogenated alkanes) is 1. The first-order chi connectivity index (χ1) is 14.8. The fraction of sp³-hybridized carbons (Fsp3) is 0.458. The lowest BCUT2D eigenvalue weighted by Gasteiger charge is -2.25. The van der Waals surface area contributed by atoms with Crippen molar-refractivity contribution in [2.24, 2.45) is 5.92 Å². The SMILES string of the molecule is CCCCC(CC)CNC(=O)CN(c1ccc(C)cc1)S(=O)(=O)c1ccc(SC)cc1. The largest absolute Gasteiger partial charge is 0.354 e. The Hall–Kier alpha value is -1.99. The number of amides is 1. The van der Waals surface area contributed by atoms with Crippen LogP contribution in [0, 0.1) is 12.8 Å². The zero-order valence-corrected chi connectivity index (χ0v) is 20.6. The quantitative estimate of drug-likeness (QED) is 0.438. The van der Waals surface area contributed by atoms with Crippen molar-refractivity contribution in [2.45, 2.75) is 56.2 Å². The predicted molar refractivity (Wildman–Crippen MR) is 130 cm³/mol. The highest BCUT2D eigenvalue weighted by Gasteiger charge is 2.27. The van der Waals surface area contributed by atoms with Crippen molar-refractivity contribution in [1.82, 2.24) is 5.32 Å². The summed E-state index contributed by atoms with van der Waals surface area (Å²) in [6.07, 6.45) is 6.25. The minimum Gasteiger partial charge on any atom is -0.354 e. The summed E-state index contributed by atoms with van der Waals surface area (Å²) >= 11 is 1.55. The third-order valence-corrected chi connectivity index (χ3v) is 7.92.